The van der Waals surface area contributed by atoms with Gasteiger partial charge in [0.1, 0.15) is 12.0 Å². The van der Waals surface area contributed by atoms with Crippen LogP contribution in [0.1, 0.15) is 47.8 Å². The van der Waals surface area contributed by atoms with E-state index in [2.05, 4.69) is 35.2 Å². The largest absolute Gasteiger partial charge is 0.496 e. The van der Waals surface area contributed by atoms with Crippen molar-refractivity contribution in [2.24, 2.45) is 0 Å². The first-order valence-corrected chi connectivity index (χ1v) is 9.72. The van der Waals surface area contributed by atoms with Crippen molar-refractivity contribution in [3.63, 3.8) is 0 Å². The second-order valence-corrected chi connectivity index (χ2v) is 7.51. The Labute approximate surface area is 156 Å². The van der Waals surface area contributed by atoms with Crippen LogP contribution in [0.15, 0.2) is 48.5 Å². The highest BCUT2D eigenvalue weighted by molar-refractivity contribution is 5.62. The minimum Gasteiger partial charge on any atom is -0.496 e. The van der Waals surface area contributed by atoms with E-state index in [1.165, 1.54) is 24.0 Å². The van der Waals surface area contributed by atoms with E-state index in [0.29, 0.717) is 12.0 Å². The minimum atomic E-state index is 0.00576. The summed E-state index contributed by atoms with van der Waals surface area (Å²) in [4.78, 5) is 14.2. The van der Waals surface area contributed by atoms with E-state index in [1.807, 2.05) is 18.2 Å². The number of fused-ring (bicyclic) bond motifs is 3. The van der Waals surface area contributed by atoms with Crippen molar-refractivity contribution < 1.29 is 9.53 Å². The number of methoxy groups -OCH3 is 1. The average Bonchev–Trinajstić information content (AvgIpc) is 3.12. The van der Waals surface area contributed by atoms with Crippen LogP contribution in [0.2, 0.25) is 0 Å². The molecule has 0 aromatic heterocycles. The summed E-state index contributed by atoms with van der Waals surface area (Å²) in [5.74, 6) is 1.66. The molecule has 4 rings (SSSR count). The van der Waals surface area contributed by atoms with Gasteiger partial charge < -0.3 is 9.53 Å². The Morgan fingerprint density at radius 3 is 2.77 bits per heavy atom. The molecule has 0 N–H and O–H groups in total. The summed E-state index contributed by atoms with van der Waals surface area (Å²) in [5, 5.41) is 0. The Bertz CT molecular complexity index is 758. The van der Waals surface area contributed by atoms with E-state index in [4.69, 9.17) is 4.74 Å². The fraction of sp³-hybridized carbons (Fsp3) is 0.435. The summed E-state index contributed by atoms with van der Waals surface area (Å²) in [6.45, 7) is 2.13. The van der Waals surface area contributed by atoms with Gasteiger partial charge in [-0.3, -0.25) is 4.90 Å². The Morgan fingerprint density at radius 2 is 2.00 bits per heavy atom. The monoisotopic (exact) mass is 349 g/mol. The van der Waals surface area contributed by atoms with Crippen LogP contribution in [0.5, 0.6) is 5.75 Å². The lowest BCUT2D eigenvalue weighted by atomic mass is 9.79. The summed E-state index contributed by atoms with van der Waals surface area (Å²) >= 11 is 0. The van der Waals surface area contributed by atoms with E-state index in [-0.39, 0.29) is 5.92 Å². The van der Waals surface area contributed by atoms with Crippen LogP contribution in [0.3, 0.4) is 0 Å². The van der Waals surface area contributed by atoms with Gasteiger partial charge >= 0.3 is 0 Å². The lowest BCUT2D eigenvalue weighted by molar-refractivity contribution is -0.109. The zero-order chi connectivity index (χ0) is 17.9. The number of hydrogen-bond donors (Lipinski definition) is 0. The van der Waals surface area contributed by atoms with Crippen LogP contribution in [0.25, 0.3) is 0 Å². The second kappa shape index (κ2) is 7.63. The van der Waals surface area contributed by atoms with Gasteiger partial charge in [-0.05, 0) is 61.5 Å². The predicted molar refractivity (Wildman–Crippen MR) is 104 cm³/mol. The molecule has 3 nitrogen and oxygen atoms in total. The van der Waals surface area contributed by atoms with E-state index in [0.717, 1.165) is 43.5 Å². The van der Waals surface area contributed by atoms with E-state index in [9.17, 15) is 4.79 Å². The number of aldehydes is 1. The molecule has 1 heterocycles. The first-order valence-electron chi connectivity index (χ1n) is 9.72. The fourth-order valence-corrected chi connectivity index (χ4v) is 4.94. The number of benzene rings is 2. The summed E-state index contributed by atoms with van der Waals surface area (Å²) in [6, 6.07) is 17.3. The first-order chi connectivity index (χ1) is 12.8. The Kier molecular flexibility index (Phi) is 5.07. The van der Waals surface area contributed by atoms with Crippen LogP contribution in [0.4, 0.5) is 0 Å². The number of likely N-dealkylation sites (tertiary alicyclic amines) is 1. The lowest BCUT2D eigenvalue weighted by Gasteiger charge is -2.34. The van der Waals surface area contributed by atoms with Gasteiger partial charge in [-0.1, -0.05) is 42.5 Å². The number of ether oxygens (including phenoxy) is 1. The highest BCUT2D eigenvalue weighted by Crippen LogP contribution is 2.44. The number of hydrogen-bond acceptors (Lipinski definition) is 3. The molecule has 1 saturated heterocycles. The molecule has 1 fully saturated rings. The van der Waals surface area contributed by atoms with Crippen molar-refractivity contribution in [3.8, 4) is 5.75 Å². The molecule has 1 aliphatic heterocycles. The van der Waals surface area contributed by atoms with Crippen LogP contribution in [-0.2, 0) is 11.2 Å². The maximum atomic E-state index is 11.6. The van der Waals surface area contributed by atoms with Crippen molar-refractivity contribution >= 4 is 6.29 Å². The topological polar surface area (TPSA) is 29.5 Å². The zero-order valence-corrected chi connectivity index (χ0v) is 15.4. The normalized spacial score (nSPS) is 23.1. The second-order valence-electron chi connectivity index (χ2n) is 7.51. The van der Waals surface area contributed by atoms with Crippen LogP contribution in [-0.4, -0.2) is 37.4 Å². The van der Waals surface area contributed by atoms with E-state index >= 15 is 0 Å². The lowest BCUT2D eigenvalue weighted by Crippen LogP contribution is -2.36. The standard InChI is InChI=1S/C23H27NO2/c1-26-23-9-5-8-19-20-13-15-24(22(20)11-10-21(19)23)14-12-18(16-25)17-6-3-2-4-7-17/h2-9,16,18,20,22H,10-15H2,1H3/t18?,20-,22+/m0/s1. The maximum Gasteiger partial charge on any atom is 0.127 e. The van der Waals surface area contributed by atoms with Crippen molar-refractivity contribution in [1.82, 2.24) is 4.90 Å². The van der Waals surface area contributed by atoms with Gasteiger partial charge in [0, 0.05) is 17.9 Å². The molecule has 1 aliphatic carbocycles. The highest BCUT2D eigenvalue weighted by atomic mass is 16.5. The SMILES string of the molecule is COc1cccc2c1CC[C@@H]1[C@H]2CCN1CCC(C=O)c1ccccc1. The van der Waals surface area contributed by atoms with Gasteiger partial charge in [0.2, 0.25) is 0 Å². The third-order valence-electron chi connectivity index (χ3n) is 6.26. The summed E-state index contributed by atoms with van der Waals surface area (Å²) in [6.07, 6.45) is 5.51. The van der Waals surface area contributed by atoms with Gasteiger partial charge in [0.25, 0.3) is 0 Å². The molecule has 1 unspecified atom stereocenters. The van der Waals surface area contributed by atoms with Crippen molar-refractivity contribution in [3.05, 3.63) is 65.2 Å². The molecular formula is C23H27NO2. The minimum absolute atomic E-state index is 0.00576. The number of carbonyl (C=O) groups is 1. The summed E-state index contributed by atoms with van der Waals surface area (Å²) < 4.78 is 5.58. The van der Waals surface area contributed by atoms with Gasteiger partial charge in [0.05, 0.1) is 7.11 Å². The fourth-order valence-electron chi connectivity index (χ4n) is 4.94. The molecule has 26 heavy (non-hydrogen) atoms. The van der Waals surface area contributed by atoms with Gasteiger partial charge in [-0.25, -0.2) is 0 Å². The molecule has 2 aromatic carbocycles. The van der Waals surface area contributed by atoms with Crippen LogP contribution >= 0.6 is 0 Å². The molecule has 3 heteroatoms. The van der Waals surface area contributed by atoms with Crippen molar-refractivity contribution in [2.45, 2.75) is 43.6 Å². The van der Waals surface area contributed by atoms with Crippen molar-refractivity contribution in [1.29, 1.82) is 0 Å². The Morgan fingerprint density at radius 1 is 1.15 bits per heavy atom. The zero-order valence-electron chi connectivity index (χ0n) is 15.4. The molecule has 3 atom stereocenters. The highest BCUT2D eigenvalue weighted by Gasteiger charge is 2.39. The first kappa shape index (κ1) is 17.3. The molecule has 0 radical (unpaired) electrons. The Hall–Kier alpha value is -2.13. The van der Waals surface area contributed by atoms with Gasteiger partial charge in [0.15, 0.2) is 0 Å². The number of rotatable bonds is 6. The Balaban J connectivity index is 1.45. The van der Waals surface area contributed by atoms with E-state index in [1.54, 1.807) is 7.11 Å². The average molecular weight is 349 g/mol. The molecule has 0 bridgehead atoms. The van der Waals surface area contributed by atoms with Gasteiger partial charge in [-0.15, -0.1) is 0 Å². The van der Waals surface area contributed by atoms with E-state index < -0.39 is 0 Å². The smallest absolute Gasteiger partial charge is 0.127 e. The quantitative estimate of drug-likeness (QED) is 0.733. The molecule has 136 valence electrons. The van der Waals surface area contributed by atoms with Crippen LogP contribution < -0.4 is 4.74 Å². The summed E-state index contributed by atoms with van der Waals surface area (Å²) in [5.41, 5.74) is 4.03. The third-order valence-corrected chi connectivity index (χ3v) is 6.26. The van der Waals surface area contributed by atoms with Crippen LogP contribution in [0, 0.1) is 0 Å². The maximum absolute atomic E-state index is 11.6. The molecule has 0 saturated carbocycles. The molecular weight excluding hydrogens is 322 g/mol. The molecule has 2 aromatic rings. The molecule has 2 aliphatic rings. The number of nitrogens with zero attached hydrogens (tertiary/aromatic N) is 1. The molecule has 0 spiro atoms. The number of carbonyl (C=O) groups excluding carboxylic acids is 1. The predicted octanol–water partition coefficient (Wildman–Crippen LogP) is 4.17. The third kappa shape index (κ3) is 3.16. The summed E-state index contributed by atoms with van der Waals surface area (Å²) in [7, 11) is 1.77. The molecule has 0 amide bonds. The van der Waals surface area contributed by atoms with Gasteiger partial charge in [-0.2, -0.15) is 0 Å². The van der Waals surface area contributed by atoms with Crippen molar-refractivity contribution in [2.75, 3.05) is 20.2 Å².